The number of nitrogens with one attached hydrogen (secondary N) is 2. The molecule has 1 heterocycles. The number of aromatic nitrogens is 1. The van der Waals surface area contributed by atoms with Crippen molar-refractivity contribution in [1.29, 1.82) is 0 Å². The van der Waals surface area contributed by atoms with Gasteiger partial charge >= 0.3 is 0 Å². The molecule has 26 heavy (non-hydrogen) atoms. The number of H-pyrrole nitrogens is 1. The standard InChI is InChI=1S/C20H24N2O3S/c1-14-8-10-15(11-9-14)16(6-4-12-23)18-13-21-20-17(18)5-3-7-19(20)22-26(2,24)25/h3,5,7-11,13,16,21-23H,4,6,12H2,1-2H3. The highest BCUT2D eigenvalue weighted by atomic mass is 32.2. The van der Waals surface area contributed by atoms with E-state index in [-0.39, 0.29) is 12.5 Å². The number of hydrogen-bond donors (Lipinski definition) is 3. The Morgan fingerprint density at radius 3 is 2.54 bits per heavy atom. The van der Waals surface area contributed by atoms with E-state index in [1.54, 1.807) is 6.07 Å². The molecule has 3 rings (SSSR count). The summed E-state index contributed by atoms with van der Waals surface area (Å²) in [6, 6.07) is 14.0. The molecule has 1 atom stereocenters. The molecule has 1 unspecified atom stereocenters. The van der Waals surface area contributed by atoms with E-state index in [1.165, 1.54) is 11.1 Å². The quantitative estimate of drug-likeness (QED) is 0.591. The molecule has 3 aromatic rings. The van der Waals surface area contributed by atoms with Crippen molar-refractivity contribution >= 4 is 26.6 Å². The Morgan fingerprint density at radius 2 is 1.88 bits per heavy atom. The molecule has 2 aromatic carbocycles. The average molecular weight is 372 g/mol. The van der Waals surface area contributed by atoms with Gasteiger partial charge in [-0.25, -0.2) is 8.42 Å². The second-order valence-corrected chi connectivity index (χ2v) is 8.42. The van der Waals surface area contributed by atoms with E-state index in [0.29, 0.717) is 12.1 Å². The van der Waals surface area contributed by atoms with Gasteiger partial charge in [-0.15, -0.1) is 0 Å². The van der Waals surface area contributed by atoms with Crippen LogP contribution in [-0.4, -0.2) is 31.4 Å². The molecule has 6 heteroatoms. The summed E-state index contributed by atoms with van der Waals surface area (Å²) in [6.45, 7) is 2.20. The van der Waals surface area contributed by atoms with E-state index in [9.17, 15) is 13.5 Å². The summed E-state index contributed by atoms with van der Waals surface area (Å²) < 4.78 is 25.8. The molecular weight excluding hydrogens is 348 g/mol. The van der Waals surface area contributed by atoms with Crippen molar-refractivity contribution in [3.8, 4) is 0 Å². The predicted molar refractivity (Wildman–Crippen MR) is 106 cm³/mol. The Balaban J connectivity index is 2.08. The van der Waals surface area contributed by atoms with E-state index in [1.807, 2.05) is 18.3 Å². The second kappa shape index (κ2) is 7.51. The van der Waals surface area contributed by atoms with Crippen LogP contribution in [0.3, 0.4) is 0 Å². The summed E-state index contributed by atoms with van der Waals surface area (Å²) in [5.41, 5.74) is 4.81. The molecule has 0 radical (unpaired) electrons. The van der Waals surface area contributed by atoms with Gasteiger partial charge in [-0.1, -0.05) is 42.0 Å². The van der Waals surface area contributed by atoms with Crippen LogP contribution in [0.4, 0.5) is 5.69 Å². The van der Waals surface area contributed by atoms with Gasteiger partial charge in [0, 0.05) is 24.1 Å². The van der Waals surface area contributed by atoms with Crippen molar-refractivity contribution < 1.29 is 13.5 Å². The lowest BCUT2D eigenvalue weighted by Gasteiger charge is -2.17. The highest BCUT2D eigenvalue weighted by Gasteiger charge is 2.19. The third kappa shape index (κ3) is 4.08. The molecule has 3 N–H and O–H groups in total. The maximum Gasteiger partial charge on any atom is 0.229 e. The monoisotopic (exact) mass is 372 g/mol. The molecule has 0 fully saturated rings. The van der Waals surface area contributed by atoms with Gasteiger partial charge < -0.3 is 10.1 Å². The van der Waals surface area contributed by atoms with Gasteiger partial charge in [0.1, 0.15) is 0 Å². The fraction of sp³-hybridized carbons (Fsp3) is 0.300. The molecule has 138 valence electrons. The van der Waals surface area contributed by atoms with Gasteiger partial charge in [-0.3, -0.25) is 4.72 Å². The number of aliphatic hydroxyl groups is 1. The van der Waals surface area contributed by atoms with Crippen LogP contribution < -0.4 is 4.72 Å². The molecule has 0 saturated carbocycles. The van der Waals surface area contributed by atoms with Crippen LogP contribution in [0.5, 0.6) is 0 Å². The zero-order valence-electron chi connectivity index (χ0n) is 15.0. The molecule has 0 saturated heterocycles. The first-order valence-electron chi connectivity index (χ1n) is 8.64. The van der Waals surface area contributed by atoms with Crippen LogP contribution in [0, 0.1) is 6.92 Å². The molecule has 0 aliphatic heterocycles. The highest BCUT2D eigenvalue weighted by molar-refractivity contribution is 7.92. The molecule has 5 nitrogen and oxygen atoms in total. The number of benzene rings is 2. The van der Waals surface area contributed by atoms with Crippen LogP contribution in [0.25, 0.3) is 10.9 Å². The van der Waals surface area contributed by atoms with Crippen LogP contribution in [0.15, 0.2) is 48.7 Å². The van der Waals surface area contributed by atoms with E-state index >= 15 is 0 Å². The average Bonchev–Trinajstić information content (AvgIpc) is 3.01. The summed E-state index contributed by atoms with van der Waals surface area (Å²) in [6.07, 6.45) is 4.61. The lowest BCUT2D eigenvalue weighted by Crippen LogP contribution is -2.09. The van der Waals surface area contributed by atoms with Crippen molar-refractivity contribution in [3.63, 3.8) is 0 Å². The molecular formula is C20H24N2O3S. The van der Waals surface area contributed by atoms with E-state index in [2.05, 4.69) is 40.9 Å². The summed E-state index contributed by atoms with van der Waals surface area (Å²) in [7, 11) is -3.35. The summed E-state index contributed by atoms with van der Waals surface area (Å²) in [5.74, 6) is 0.130. The van der Waals surface area contributed by atoms with Gasteiger partial charge in [0.15, 0.2) is 0 Å². The number of fused-ring (bicyclic) bond motifs is 1. The first-order chi connectivity index (χ1) is 12.4. The highest BCUT2D eigenvalue weighted by Crippen LogP contribution is 2.36. The number of sulfonamides is 1. The lowest BCUT2D eigenvalue weighted by molar-refractivity contribution is 0.282. The normalized spacial score (nSPS) is 13.0. The zero-order chi connectivity index (χ0) is 18.7. The van der Waals surface area contributed by atoms with Crippen LogP contribution in [0.2, 0.25) is 0 Å². The van der Waals surface area contributed by atoms with E-state index in [4.69, 9.17) is 0 Å². The van der Waals surface area contributed by atoms with Crippen molar-refractivity contribution in [2.45, 2.75) is 25.7 Å². The Hall–Kier alpha value is -2.31. The fourth-order valence-electron chi connectivity index (χ4n) is 3.35. The number of aliphatic hydroxyl groups excluding tert-OH is 1. The number of anilines is 1. The molecule has 0 amide bonds. The lowest BCUT2D eigenvalue weighted by atomic mass is 9.87. The summed E-state index contributed by atoms with van der Waals surface area (Å²) in [4.78, 5) is 3.23. The van der Waals surface area contributed by atoms with Crippen molar-refractivity contribution in [2.75, 3.05) is 17.6 Å². The minimum absolute atomic E-state index is 0.130. The van der Waals surface area contributed by atoms with Gasteiger partial charge in [-0.2, -0.15) is 0 Å². The van der Waals surface area contributed by atoms with Crippen LogP contribution in [-0.2, 0) is 10.0 Å². The molecule has 0 bridgehead atoms. The zero-order valence-corrected chi connectivity index (χ0v) is 15.8. The van der Waals surface area contributed by atoms with Crippen molar-refractivity contribution in [2.24, 2.45) is 0 Å². The van der Waals surface area contributed by atoms with Crippen LogP contribution >= 0.6 is 0 Å². The molecule has 1 aromatic heterocycles. The van der Waals surface area contributed by atoms with Gasteiger partial charge in [0.05, 0.1) is 17.5 Å². The van der Waals surface area contributed by atoms with E-state index < -0.39 is 10.0 Å². The Kier molecular flexibility index (Phi) is 5.34. The van der Waals surface area contributed by atoms with Gasteiger partial charge in [-0.05, 0) is 37.0 Å². The Labute approximate surface area is 154 Å². The Bertz CT molecular complexity index is 992. The number of rotatable bonds is 7. The van der Waals surface area contributed by atoms with Gasteiger partial charge in [0.2, 0.25) is 10.0 Å². The van der Waals surface area contributed by atoms with Crippen LogP contribution in [0.1, 0.15) is 35.4 Å². The molecule has 0 spiro atoms. The maximum absolute atomic E-state index is 11.6. The number of aromatic amines is 1. The maximum atomic E-state index is 11.6. The summed E-state index contributed by atoms with van der Waals surface area (Å²) in [5, 5.41) is 10.3. The number of hydrogen-bond acceptors (Lipinski definition) is 3. The third-order valence-corrected chi connectivity index (χ3v) is 5.14. The fourth-order valence-corrected chi connectivity index (χ4v) is 3.91. The largest absolute Gasteiger partial charge is 0.396 e. The third-order valence-electron chi connectivity index (χ3n) is 4.55. The molecule has 0 aliphatic carbocycles. The van der Waals surface area contributed by atoms with Crippen molar-refractivity contribution in [1.82, 2.24) is 4.98 Å². The first kappa shape index (κ1) is 18.5. The van der Waals surface area contributed by atoms with E-state index in [0.717, 1.165) is 29.1 Å². The smallest absolute Gasteiger partial charge is 0.229 e. The first-order valence-corrected chi connectivity index (χ1v) is 10.5. The second-order valence-electron chi connectivity index (χ2n) is 6.68. The Morgan fingerprint density at radius 1 is 1.15 bits per heavy atom. The minimum Gasteiger partial charge on any atom is -0.396 e. The SMILES string of the molecule is Cc1ccc(C(CCCO)c2c[nH]c3c(NS(C)(=O)=O)cccc23)cc1. The summed E-state index contributed by atoms with van der Waals surface area (Å²) >= 11 is 0. The van der Waals surface area contributed by atoms with Crippen molar-refractivity contribution in [3.05, 3.63) is 65.4 Å². The number of aryl methyl sites for hydroxylation is 1. The number of para-hydroxylation sites is 1. The predicted octanol–water partition coefficient (Wildman–Crippen LogP) is 3.75. The minimum atomic E-state index is -3.35. The molecule has 0 aliphatic rings. The topological polar surface area (TPSA) is 82.2 Å². The van der Waals surface area contributed by atoms with Gasteiger partial charge in [0.25, 0.3) is 0 Å².